The SMILES string of the molecule is CCC(C)Oc1cccc(NC(=O)C(=O)OC)c1. The van der Waals surface area contributed by atoms with Crippen molar-refractivity contribution in [3.05, 3.63) is 24.3 Å². The van der Waals surface area contributed by atoms with Gasteiger partial charge in [-0.3, -0.25) is 4.79 Å². The van der Waals surface area contributed by atoms with Gasteiger partial charge in [-0.1, -0.05) is 13.0 Å². The minimum atomic E-state index is -0.928. The van der Waals surface area contributed by atoms with Gasteiger partial charge in [0.15, 0.2) is 0 Å². The van der Waals surface area contributed by atoms with Crippen LogP contribution in [0.1, 0.15) is 20.3 Å². The maximum atomic E-state index is 11.3. The van der Waals surface area contributed by atoms with Crippen molar-refractivity contribution in [3.63, 3.8) is 0 Å². The number of nitrogens with one attached hydrogen (secondary N) is 1. The van der Waals surface area contributed by atoms with Crippen LogP contribution in [0.2, 0.25) is 0 Å². The molecule has 0 radical (unpaired) electrons. The third-order valence-corrected chi connectivity index (χ3v) is 2.37. The van der Waals surface area contributed by atoms with Crippen LogP contribution in [0.3, 0.4) is 0 Å². The first kappa shape index (κ1) is 14.0. The molecule has 0 saturated heterocycles. The molecule has 0 saturated carbocycles. The molecule has 0 aliphatic rings. The van der Waals surface area contributed by atoms with Crippen molar-refractivity contribution >= 4 is 17.6 Å². The number of carbonyl (C=O) groups is 2. The molecule has 98 valence electrons. The minimum absolute atomic E-state index is 0.0940. The van der Waals surface area contributed by atoms with Gasteiger partial charge in [0.2, 0.25) is 0 Å². The Morgan fingerprint density at radius 2 is 2.11 bits per heavy atom. The number of methoxy groups -OCH3 is 1. The average molecular weight is 251 g/mol. The Morgan fingerprint density at radius 3 is 2.72 bits per heavy atom. The molecule has 5 heteroatoms. The molecule has 1 aromatic rings. The Bertz CT molecular complexity index is 431. The molecule has 1 unspecified atom stereocenters. The molecule has 0 aliphatic carbocycles. The first-order chi connectivity index (χ1) is 8.56. The molecule has 1 aromatic carbocycles. The summed E-state index contributed by atoms with van der Waals surface area (Å²) < 4.78 is 9.92. The number of amides is 1. The molecular formula is C13H17NO4. The second kappa shape index (κ2) is 6.64. The largest absolute Gasteiger partial charge is 0.491 e. The van der Waals surface area contributed by atoms with Gasteiger partial charge >= 0.3 is 11.9 Å². The van der Waals surface area contributed by atoms with Gasteiger partial charge in [-0.05, 0) is 25.5 Å². The maximum Gasteiger partial charge on any atom is 0.396 e. The number of hydrogen-bond acceptors (Lipinski definition) is 4. The average Bonchev–Trinajstić information content (AvgIpc) is 2.37. The van der Waals surface area contributed by atoms with Gasteiger partial charge < -0.3 is 14.8 Å². The van der Waals surface area contributed by atoms with Crippen molar-refractivity contribution in [3.8, 4) is 5.75 Å². The van der Waals surface area contributed by atoms with E-state index < -0.39 is 11.9 Å². The predicted molar refractivity (Wildman–Crippen MR) is 67.5 cm³/mol. The van der Waals surface area contributed by atoms with Crippen molar-refractivity contribution in [2.45, 2.75) is 26.4 Å². The second-order valence-electron chi connectivity index (χ2n) is 3.81. The topological polar surface area (TPSA) is 64.6 Å². The van der Waals surface area contributed by atoms with E-state index in [1.165, 1.54) is 0 Å². The van der Waals surface area contributed by atoms with E-state index in [1.54, 1.807) is 24.3 Å². The summed E-state index contributed by atoms with van der Waals surface area (Å²) in [5, 5.41) is 2.43. The summed E-state index contributed by atoms with van der Waals surface area (Å²) in [5.41, 5.74) is 0.492. The number of hydrogen-bond donors (Lipinski definition) is 1. The Morgan fingerprint density at radius 1 is 1.39 bits per heavy atom. The number of rotatable bonds is 4. The van der Waals surface area contributed by atoms with Crippen molar-refractivity contribution in [1.82, 2.24) is 0 Å². The van der Waals surface area contributed by atoms with E-state index in [-0.39, 0.29) is 6.10 Å². The van der Waals surface area contributed by atoms with Crippen LogP contribution in [-0.4, -0.2) is 25.1 Å². The molecule has 18 heavy (non-hydrogen) atoms. The zero-order chi connectivity index (χ0) is 13.5. The number of ether oxygens (including phenoxy) is 2. The highest BCUT2D eigenvalue weighted by Crippen LogP contribution is 2.19. The van der Waals surface area contributed by atoms with Crippen molar-refractivity contribution < 1.29 is 19.1 Å². The molecule has 1 N–H and O–H groups in total. The molecule has 0 aliphatic heterocycles. The molecule has 0 fully saturated rings. The van der Waals surface area contributed by atoms with Gasteiger partial charge in [0, 0.05) is 11.8 Å². The van der Waals surface area contributed by atoms with Gasteiger partial charge in [-0.2, -0.15) is 0 Å². The number of benzene rings is 1. The molecule has 0 heterocycles. The van der Waals surface area contributed by atoms with E-state index in [0.29, 0.717) is 11.4 Å². The standard InChI is InChI=1S/C13H17NO4/c1-4-9(2)18-11-7-5-6-10(8-11)14-12(15)13(16)17-3/h5-9H,4H2,1-3H3,(H,14,15). The molecule has 0 bridgehead atoms. The van der Waals surface area contributed by atoms with Crippen molar-refractivity contribution in [2.75, 3.05) is 12.4 Å². The van der Waals surface area contributed by atoms with Crippen LogP contribution in [-0.2, 0) is 14.3 Å². The van der Waals surface area contributed by atoms with E-state index in [0.717, 1.165) is 13.5 Å². The lowest BCUT2D eigenvalue weighted by molar-refractivity contribution is -0.150. The van der Waals surface area contributed by atoms with E-state index in [2.05, 4.69) is 10.1 Å². The fourth-order valence-electron chi connectivity index (χ4n) is 1.24. The maximum absolute atomic E-state index is 11.3. The summed E-state index contributed by atoms with van der Waals surface area (Å²) in [6.45, 7) is 3.98. The van der Waals surface area contributed by atoms with Crippen LogP contribution in [0.25, 0.3) is 0 Å². The monoisotopic (exact) mass is 251 g/mol. The van der Waals surface area contributed by atoms with E-state index in [1.807, 2.05) is 13.8 Å². The minimum Gasteiger partial charge on any atom is -0.491 e. The molecule has 0 spiro atoms. The summed E-state index contributed by atoms with van der Waals surface area (Å²) in [6.07, 6.45) is 0.982. The van der Waals surface area contributed by atoms with Crippen LogP contribution in [0.5, 0.6) is 5.75 Å². The quantitative estimate of drug-likeness (QED) is 0.656. The summed E-state index contributed by atoms with van der Waals surface area (Å²) in [5.74, 6) is -1.09. The number of esters is 1. The first-order valence-electron chi connectivity index (χ1n) is 5.72. The first-order valence-corrected chi connectivity index (χ1v) is 5.72. The Kier molecular flexibility index (Phi) is 5.17. The Hall–Kier alpha value is -2.04. The van der Waals surface area contributed by atoms with Crippen LogP contribution >= 0.6 is 0 Å². The predicted octanol–water partition coefficient (Wildman–Crippen LogP) is 1.98. The Labute approximate surface area is 106 Å². The van der Waals surface area contributed by atoms with Gasteiger partial charge in [-0.15, -0.1) is 0 Å². The van der Waals surface area contributed by atoms with Crippen LogP contribution < -0.4 is 10.1 Å². The number of anilines is 1. The zero-order valence-electron chi connectivity index (χ0n) is 10.7. The van der Waals surface area contributed by atoms with E-state index >= 15 is 0 Å². The third kappa shape index (κ3) is 4.08. The molecule has 1 amide bonds. The lowest BCUT2D eigenvalue weighted by Gasteiger charge is -2.13. The van der Waals surface area contributed by atoms with Crippen molar-refractivity contribution in [1.29, 1.82) is 0 Å². The normalized spacial score (nSPS) is 11.5. The molecule has 1 rings (SSSR count). The van der Waals surface area contributed by atoms with E-state index in [4.69, 9.17) is 4.74 Å². The fourth-order valence-corrected chi connectivity index (χ4v) is 1.24. The Balaban J connectivity index is 2.70. The van der Waals surface area contributed by atoms with Crippen LogP contribution in [0.15, 0.2) is 24.3 Å². The summed E-state index contributed by atoms with van der Waals surface area (Å²) in [6, 6.07) is 6.86. The zero-order valence-corrected chi connectivity index (χ0v) is 10.7. The summed E-state index contributed by atoms with van der Waals surface area (Å²) >= 11 is 0. The van der Waals surface area contributed by atoms with Crippen LogP contribution in [0, 0.1) is 0 Å². The lowest BCUT2D eigenvalue weighted by Crippen LogP contribution is -2.23. The van der Waals surface area contributed by atoms with E-state index in [9.17, 15) is 9.59 Å². The van der Waals surface area contributed by atoms with Crippen molar-refractivity contribution in [2.24, 2.45) is 0 Å². The van der Waals surface area contributed by atoms with Gasteiger partial charge in [0.1, 0.15) is 5.75 Å². The molecule has 0 aromatic heterocycles. The van der Waals surface area contributed by atoms with Gasteiger partial charge in [-0.25, -0.2) is 4.79 Å². The smallest absolute Gasteiger partial charge is 0.396 e. The summed E-state index contributed by atoms with van der Waals surface area (Å²) in [7, 11) is 1.16. The highest BCUT2D eigenvalue weighted by molar-refractivity contribution is 6.37. The third-order valence-electron chi connectivity index (χ3n) is 2.37. The number of carbonyl (C=O) groups excluding carboxylic acids is 2. The summed E-state index contributed by atoms with van der Waals surface area (Å²) in [4.78, 5) is 22.3. The van der Waals surface area contributed by atoms with Gasteiger partial charge in [0.05, 0.1) is 13.2 Å². The second-order valence-corrected chi connectivity index (χ2v) is 3.81. The lowest BCUT2D eigenvalue weighted by atomic mass is 10.2. The highest BCUT2D eigenvalue weighted by atomic mass is 16.5. The molecule has 1 atom stereocenters. The fraction of sp³-hybridized carbons (Fsp3) is 0.385. The molecular weight excluding hydrogens is 234 g/mol. The van der Waals surface area contributed by atoms with Gasteiger partial charge in [0.25, 0.3) is 0 Å². The highest BCUT2D eigenvalue weighted by Gasteiger charge is 2.13. The van der Waals surface area contributed by atoms with Crippen LogP contribution in [0.4, 0.5) is 5.69 Å². The molecule has 5 nitrogen and oxygen atoms in total.